The van der Waals surface area contributed by atoms with Crippen molar-refractivity contribution in [3.05, 3.63) is 46.7 Å². The standard InChI is InChI=1S/C20H25N3O3S/c1-26-18-6-3-2-5-17(18)22-10-12-23(13-11-22)19(24)7-4-9-21-20(25)16-8-14-27-15-16/h2-3,5-6,8,14-15H,4,7,9-13H2,1H3,(H,21,25). The number of thiophene rings is 1. The van der Waals surface area contributed by atoms with Crippen LogP contribution in [0.25, 0.3) is 0 Å². The molecule has 7 heteroatoms. The van der Waals surface area contributed by atoms with Gasteiger partial charge in [-0.05, 0) is 30.0 Å². The zero-order chi connectivity index (χ0) is 19.1. The summed E-state index contributed by atoms with van der Waals surface area (Å²) in [6, 6.07) is 9.76. The second-order valence-corrected chi connectivity index (χ2v) is 7.19. The molecule has 0 radical (unpaired) electrons. The molecule has 0 spiro atoms. The summed E-state index contributed by atoms with van der Waals surface area (Å²) >= 11 is 1.50. The summed E-state index contributed by atoms with van der Waals surface area (Å²) in [5, 5.41) is 6.56. The van der Waals surface area contributed by atoms with Crippen molar-refractivity contribution >= 4 is 28.8 Å². The average Bonchev–Trinajstić information content (AvgIpc) is 3.26. The number of methoxy groups -OCH3 is 1. The maximum atomic E-state index is 12.4. The number of carbonyl (C=O) groups is 2. The average molecular weight is 388 g/mol. The van der Waals surface area contributed by atoms with Gasteiger partial charge in [0.05, 0.1) is 12.8 Å². The number of hydrogen-bond acceptors (Lipinski definition) is 5. The third-order valence-electron chi connectivity index (χ3n) is 4.69. The Morgan fingerprint density at radius 3 is 2.63 bits per heavy atom. The number of amides is 2. The topological polar surface area (TPSA) is 61.9 Å². The smallest absolute Gasteiger partial charge is 0.252 e. The van der Waals surface area contributed by atoms with Gasteiger partial charge < -0.3 is 19.9 Å². The Kier molecular flexibility index (Phi) is 6.70. The number of piperazine rings is 1. The highest BCUT2D eigenvalue weighted by molar-refractivity contribution is 7.08. The molecule has 0 saturated carbocycles. The highest BCUT2D eigenvalue weighted by Gasteiger charge is 2.22. The molecule has 2 heterocycles. The van der Waals surface area contributed by atoms with Gasteiger partial charge in [-0.25, -0.2) is 0 Å². The fraction of sp³-hybridized carbons (Fsp3) is 0.400. The summed E-state index contributed by atoms with van der Waals surface area (Å²) < 4.78 is 5.43. The minimum atomic E-state index is -0.0749. The Bertz CT molecular complexity index is 756. The normalized spacial score (nSPS) is 14.1. The lowest BCUT2D eigenvalue weighted by Crippen LogP contribution is -2.49. The summed E-state index contributed by atoms with van der Waals surface area (Å²) in [7, 11) is 1.68. The van der Waals surface area contributed by atoms with Crippen molar-refractivity contribution in [2.75, 3.05) is 44.7 Å². The molecular formula is C20H25N3O3S. The van der Waals surface area contributed by atoms with Crippen LogP contribution in [0.2, 0.25) is 0 Å². The van der Waals surface area contributed by atoms with E-state index in [4.69, 9.17) is 4.74 Å². The van der Waals surface area contributed by atoms with E-state index in [1.165, 1.54) is 11.3 Å². The molecule has 1 N–H and O–H groups in total. The molecule has 0 bridgehead atoms. The molecule has 1 aliphatic rings. The van der Waals surface area contributed by atoms with E-state index in [1.807, 2.05) is 39.9 Å². The van der Waals surface area contributed by atoms with Gasteiger partial charge in [-0.1, -0.05) is 12.1 Å². The molecule has 1 aromatic carbocycles. The molecule has 144 valence electrons. The number of anilines is 1. The van der Waals surface area contributed by atoms with Gasteiger partial charge in [0.25, 0.3) is 5.91 Å². The first-order chi connectivity index (χ1) is 13.2. The Morgan fingerprint density at radius 2 is 1.93 bits per heavy atom. The molecule has 0 atom stereocenters. The Balaban J connectivity index is 1.39. The molecule has 0 aliphatic carbocycles. The molecule has 27 heavy (non-hydrogen) atoms. The Morgan fingerprint density at radius 1 is 1.15 bits per heavy atom. The zero-order valence-corrected chi connectivity index (χ0v) is 16.3. The van der Waals surface area contributed by atoms with Gasteiger partial charge in [0.2, 0.25) is 5.91 Å². The summed E-state index contributed by atoms with van der Waals surface area (Å²) in [5.74, 6) is 0.937. The number of rotatable bonds is 7. The SMILES string of the molecule is COc1ccccc1N1CCN(C(=O)CCCNC(=O)c2ccsc2)CC1. The number of ether oxygens (including phenoxy) is 1. The summed E-state index contributed by atoms with van der Waals surface area (Å²) in [6.07, 6.45) is 1.11. The van der Waals surface area contributed by atoms with Gasteiger partial charge in [0, 0.05) is 50.1 Å². The number of nitrogens with one attached hydrogen (secondary N) is 1. The van der Waals surface area contributed by atoms with E-state index in [0.29, 0.717) is 38.0 Å². The third kappa shape index (κ3) is 5.01. The quantitative estimate of drug-likeness (QED) is 0.742. The Labute approximate surface area is 163 Å². The largest absolute Gasteiger partial charge is 0.495 e. The van der Waals surface area contributed by atoms with Gasteiger partial charge >= 0.3 is 0 Å². The van der Waals surface area contributed by atoms with Gasteiger partial charge in [-0.2, -0.15) is 11.3 Å². The van der Waals surface area contributed by atoms with Crippen molar-refractivity contribution < 1.29 is 14.3 Å². The van der Waals surface area contributed by atoms with Crippen LogP contribution in [0.3, 0.4) is 0 Å². The van der Waals surface area contributed by atoms with Crippen LogP contribution < -0.4 is 15.0 Å². The number of hydrogen-bond donors (Lipinski definition) is 1. The number of nitrogens with zero attached hydrogens (tertiary/aromatic N) is 2. The van der Waals surface area contributed by atoms with Crippen LogP contribution >= 0.6 is 11.3 Å². The van der Waals surface area contributed by atoms with Gasteiger partial charge in [-0.15, -0.1) is 0 Å². The number of benzene rings is 1. The van der Waals surface area contributed by atoms with Gasteiger partial charge in [0.1, 0.15) is 5.75 Å². The van der Waals surface area contributed by atoms with Crippen LogP contribution in [0.4, 0.5) is 5.69 Å². The van der Waals surface area contributed by atoms with Crippen molar-refractivity contribution in [1.82, 2.24) is 10.2 Å². The molecule has 1 aromatic heterocycles. The van der Waals surface area contributed by atoms with E-state index in [-0.39, 0.29) is 11.8 Å². The van der Waals surface area contributed by atoms with Crippen molar-refractivity contribution in [3.63, 3.8) is 0 Å². The van der Waals surface area contributed by atoms with Crippen molar-refractivity contribution in [3.8, 4) is 5.75 Å². The minimum absolute atomic E-state index is 0.0749. The first-order valence-corrected chi connectivity index (χ1v) is 10.1. The van der Waals surface area contributed by atoms with Crippen LogP contribution in [-0.4, -0.2) is 56.5 Å². The maximum Gasteiger partial charge on any atom is 0.252 e. The van der Waals surface area contributed by atoms with E-state index in [1.54, 1.807) is 13.2 Å². The molecule has 3 rings (SSSR count). The van der Waals surface area contributed by atoms with E-state index in [0.717, 1.165) is 24.5 Å². The lowest BCUT2D eigenvalue weighted by Gasteiger charge is -2.36. The molecule has 2 amide bonds. The van der Waals surface area contributed by atoms with Crippen LogP contribution in [0.5, 0.6) is 5.75 Å². The maximum absolute atomic E-state index is 12.4. The fourth-order valence-corrected chi connectivity index (χ4v) is 3.82. The second-order valence-electron chi connectivity index (χ2n) is 6.41. The lowest BCUT2D eigenvalue weighted by molar-refractivity contribution is -0.131. The van der Waals surface area contributed by atoms with Crippen LogP contribution in [0.1, 0.15) is 23.2 Å². The molecule has 2 aromatic rings. The molecule has 1 fully saturated rings. The monoisotopic (exact) mass is 387 g/mol. The van der Waals surface area contributed by atoms with E-state index in [9.17, 15) is 9.59 Å². The van der Waals surface area contributed by atoms with Crippen LogP contribution in [0.15, 0.2) is 41.1 Å². The van der Waals surface area contributed by atoms with E-state index >= 15 is 0 Å². The van der Waals surface area contributed by atoms with Crippen LogP contribution in [0, 0.1) is 0 Å². The summed E-state index contributed by atoms with van der Waals surface area (Å²) in [5.41, 5.74) is 1.75. The third-order valence-corrected chi connectivity index (χ3v) is 5.38. The lowest BCUT2D eigenvalue weighted by atomic mass is 10.2. The molecule has 1 saturated heterocycles. The van der Waals surface area contributed by atoms with Gasteiger partial charge in [0.15, 0.2) is 0 Å². The van der Waals surface area contributed by atoms with E-state index in [2.05, 4.69) is 10.2 Å². The number of para-hydroxylation sites is 2. The zero-order valence-electron chi connectivity index (χ0n) is 15.5. The van der Waals surface area contributed by atoms with Crippen molar-refractivity contribution in [2.45, 2.75) is 12.8 Å². The Hall–Kier alpha value is -2.54. The van der Waals surface area contributed by atoms with Crippen LogP contribution in [-0.2, 0) is 4.79 Å². The summed E-state index contributed by atoms with van der Waals surface area (Å²) in [4.78, 5) is 28.4. The first-order valence-electron chi connectivity index (χ1n) is 9.15. The van der Waals surface area contributed by atoms with Gasteiger partial charge in [-0.3, -0.25) is 9.59 Å². The second kappa shape index (κ2) is 9.41. The highest BCUT2D eigenvalue weighted by Crippen LogP contribution is 2.28. The molecule has 6 nitrogen and oxygen atoms in total. The first kappa shape index (κ1) is 19.2. The highest BCUT2D eigenvalue weighted by atomic mass is 32.1. The van der Waals surface area contributed by atoms with Crippen molar-refractivity contribution in [1.29, 1.82) is 0 Å². The molecule has 0 unspecified atom stereocenters. The molecular weight excluding hydrogens is 362 g/mol. The number of carbonyl (C=O) groups excluding carboxylic acids is 2. The predicted octanol–water partition coefficient (Wildman–Crippen LogP) is 2.62. The van der Waals surface area contributed by atoms with Crippen molar-refractivity contribution in [2.24, 2.45) is 0 Å². The minimum Gasteiger partial charge on any atom is -0.495 e. The van der Waals surface area contributed by atoms with E-state index < -0.39 is 0 Å². The fourth-order valence-electron chi connectivity index (χ4n) is 3.18. The molecule has 1 aliphatic heterocycles. The summed E-state index contributed by atoms with van der Waals surface area (Å²) in [6.45, 7) is 3.51. The predicted molar refractivity (Wildman–Crippen MR) is 108 cm³/mol.